The minimum Gasteiger partial charge on any atom is -0.330 e. The maximum atomic E-state index is 5.51. The lowest BCUT2D eigenvalue weighted by Gasteiger charge is -2.05. The summed E-state index contributed by atoms with van der Waals surface area (Å²) < 4.78 is 0. The second-order valence-corrected chi connectivity index (χ2v) is 5.51. The molecule has 0 bridgehead atoms. The van der Waals surface area contributed by atoms with Crippen LogP contribution in [0.5, 0.6) is 0 Å². The van der Waals surface area contributed by atoms with Crippen LogP contribution in [0.1, 0.15) is 37.1 Å². The van der Waals surface area contributed by atoms with E-state index in [1.54, 1.807) is 11.3 Å². The molecule has 0 aliphatic heterocycles. The third kappa shape index (κ3) is 3.37. The molecule has 18 heavy (non-hydrogen) atoms. The summed E-state index contributed by atoms with van der Waals surface area (Å²) >= 11 is 1.70. The van der Waals surface area contributed by atoms with Gasteiger partial charge in [-0.1, -0.05) is 55.0 Å². The van der Waals surface area contributed by atoms with Gasteiger partial charge in [0.1, 0.15) is 10.0 Å². The van der Waals surface area contributed by atoms with Crippen LogP contribution >= 0.6 is 11.3 Å². The Morgan fingerprint density at radius 2 is 1.94 bits per heavy atom. The second kappa shape index (κ2) is 6.61. The molecule has 0 aliphatic rings. The highest BCUT2D eigenvalue weighted by molar-refractivity contribution is 7.14. The summed E-state index contributed by atoms with van der Waals surface area (Å²) in [5.74, 6) is 0.478. The molecule has 0 saturated heterocycles. The Kier molecular flexibility index (Phi) is 4.84. The summed E-state index contributed by atoms with van der Waals surface area (Å²) in [6.07, 6.45) is 3.40. The molecule has 0 radical (unpaired) electrons. The predicted octanol–water partition coefficient (Wildman–Crippen LogP) is 3.44. The first-order chi connectivity index (χ1) is 8.81. The molecule has 0 fully saturated rings. The largest absolute Gasteiger partial charge is 0.330 e. The molecule has 2 N–H and O–H groups in total. The van der Waals surface area contributed by atoms with E-state index in [0.29, 0.717) is 5.92 Å². The van der Waals surface area contributed by atoms with Crippen LogP contribution in [-0.4, -0.2) is 16.7 Å². The van der Waals surface area contributed by atoms with Gasteiger partial charge < -0.3 is 5.73 Å². The first kappa shape index (κ1) is 13.2. The molecule has 0 unspecified atom stereocenters. The van der Waals surface area contributed by atoms with Crippen molar-refractivity contribution < 1.29 is 0 Å². The first-order valence-corrected chi connectivity index (χ1v) is 7.22. The molecule has 2 rings (SSSR count). The molecular weight excluding hydrogens is 242 g/mol. The average molecular weight is 261 g/mol. The van der Waals surface area contributed by atoms with Crippen molar-refractivity contribution in [3.8, 4) is 10.6 Å². The first-order valence-electron chi connectivity index (χ1n) is 6.40. The van der Waals surface area contributed by atoms with Crippen LogP contribution in [0, 0.1) is 0 Å². The number of rotatable bonds is 6. The Labute approximate surface area is 112 Å². The Morgan fingerprint density at radius 1 is 1.17 bits per heavy atom. The second-order valence-electron chi connectivity index (χ2n) is 4.50. The van der Waals surface area contributed by atoms with E-state index in [4.69, 9.17) is 5.73 Å². The van der Waals surface area contributed by atoms with Crippen molar-refractivity contribution in [2.75, 3.05) is 6.54 Å². The molecule has 4 heteroatoms. The Bertz CT molecular complexity index is 467. The summed E-state index contributed by atoms with van der Waals surface area (Å²) in [7, 11) is 0. The standard InChI is InChI=1S/C14H19N3S/c1-11(7-5-6-10-15)13-16-17-14(18-13)12-8-3-2-4-9-12/h2-4,8-9,11H,5-7,10,15H2,1H3/t11-/m0/s1. The van der Waals surface area contributed by atoms with E-state index in [-0.39, 0.29) is 0 Å². The molecule has 3 nitrogen and oxygen atoms in total. The molecule has 1 aromatic heterocycles. The lowest BCUT2D eigenvalue weighted by molar-refractivity contribution is 0.603. The van der Waals surface area contributed by atoms with Crippen molar-refractivity contribution in [3.63, 3.8) is 0 Å². The van der Waals surface area contributed by atoms with Crippen molar-refractivity contribution in [1.82, 2.24) is 10.2 Å². The van der Waals surface area contributed by atoms with Gasteiger partial charge in [0.2, 0.25) is 0 Å². The van der Waals surface area contributed by atoms with Crippen molar-refractivity contribution >= 4 is 11.3 Å². The molecule has 2 aromatic rings. The van der Waals surface area contributed by atoms with Gasteiger partial charge in [0.15, 0.2) is 0 Å². The summed E-state index contributed by atoms with van der Waals surface area (Å²) in [5, 5.41) is 10.7. The van der Waals surface area contributed by atoms with Crippen LogP contribution in [0.2, 0.25) is 0 Å². The van der Waals surface area contributed by atoms with Crippen molar-refractivity contribution in [2.45, 2.75) is 32.1 Å². The molecule has 0 saturated carbocycles. The Hall–Kier alpha value is -1.26. The van der Waals surface area contributed by atoms with Gasteiger partial charge in [0.05, 0.1) is 0 Å². The third-order valence-electron chi connectivity index (χ3n) is 2.97. The molecule has 1 atom stereocenters. The summed E-state index contributed by atoms with van der Waals surface area (Å²) in [6.45, 7) is 2.99. The van der Waals surface area contributed by atoms with E-state index in [1.165, 1.54) is 0 Å². The van der Waals surface area contributed by atoms with Gasteiger partial charge in [0, 0.05) is 11.5 Å². The number of hydrogen-bond donors (Lipinski definition) is 1. The fraction of sp³-hybridized carbons (Fsp3) is 0.429. The number of aromatic nitrogens is 2. The van der Waals surface area contributed by atoms with Crippen LogP contribution in [-0.2, 0) is 0 Å². The topological polar surface area (TPSA) is 51.8 Å². The minimum absolute atomic E-state index is 0.478. The quantitative estimate of drug-likeness (QED) is 0.810. The normalized spacial score (nSPS) is 12.6. The maximum Gasteiger partial charge on any atom is 0.147 e. The van der Waals surface area contributed by atoms with Crippen molar-refractivity contribution in [3.05, 3.63) is 35.3 Å². The van der Waals surface area contributed by atoms with Gasteiger partial charge >= 0.3 is 0 Å². The predicted molar refractivity (Wildman–Crippen MR) is 76.7 cm³/mol. The van der Waals surface area contributed by atoms with Crippen LogP contribution in [0.4, 0.5) is 0 Å². The SMILES string of the molecule is C[C@@H](CCCCN)c1nnc(-c2ccccc2)s1. The van der Waals surface area contributed by atoms with Gasteiger partial charge in [-0.25, -0.2) is 0 Å². The monoisotopic (exact) mass is 261 g/mol. The fourth-order valence-corrected chi connectivity index (χ4v) is 2.78. The Morgan fingerprint density at radius 3 is 2.67 bits per heavy atom. The number of nitrogens with two attached hydrogens (primary N) is 1. The van der Waals surface area contributed by atoms with Crippen LogP contribution in [0.25, 0.3) is 10.6 Å². The average Bonchev–Trinajstić information content (AvgIpc) is 2.89. The van der Waals surface area contributed by atoms with Crippen LogP contribution in [0.3, 0.4) is 0 Å². The summed E-state index contributed by atoms with van der Waals surface area (Å²) in [5.41, 5.74) is 6.66. The highest BCUT2D eigenvalue weighted by Crippen LogP contribution is 2.29. The summed E-state index contributed by atoms with van der Waals surface area (Å²) in [4.78, 5) is 0. The van der Waals surface area contributed by atoms with Gasteiger partial charge in [-0.05, 0) is 19.4 Å². The van der Waals surface area contributed by atoms with E-state index in [2.05, 4.69) is 29.3 Å². The number of nitrogens with zero attached hydrogens (tertiary/aromatic N) is 2. The molecule has 1 aromatic carbocycles. The fourth-order valence-electron chi connectivity index (χ4n) is 1.85. The van der Waals surface area contributed by atoms with Gasteiger partial charge in [-0.15, -0.1) is 10.2 Å². The van der Waals surface area contributed by atoms with Gasteiger partial charge in [-0.3, -0.25) is 0 Å². The molecule has 96 valence electrons. The number of hydrogen-bond acceptors (Lipinski definition) is 4. The van der Waals surface area contributed by atoms with Gasteiger partial charge in [0.25, 0.3) is 0 Å². The zero-order valence-corrected chi connectivity index (χ0v) is 11.5. The van der Waals surface area contributed by atoms with E-state index >= 15 is 0 Å². The molecular formula is C14H19N3S. The zero-order valence-electron chi connectivity index (χ0n) is 10.7. The minimum atomic E-state index is 0.478. The summed E-state index contributed by atoms with van der Waals surface area (Å²) in [6, 6.07) is 10.2. The highest BCUT2D eigenvalue weighted by Gasteiger charge is 2.12. The highest BCUT2D eigenvalue weighted by atomic mass is 32.1. The van der Waals surface area contributed by atoms with E-state index in [1.807, 2.05) is 18.2 Å². The van der Waals surface area contributed by atoms with Crippen molar-refractivity contribution in [1.29, 1.82) is 0 Å². The molecule has 0 spiro atoms. The zero-order chi connectivity index (χ0) is 12.8. The molecule has 0 aliphatic carbocycles. The number of benzene rings is 1. The van der Waals surface area contributed by atoms with E-state index in [9.17, 15) is 0 Å². The van der Waals surface area contributed by atoms with Crippen molar-refractivity contribution in [2.24, 2.45) is 5.73 Å². The van der Waals surface area contributed by atoms with Crippen LogP contribution < -0.4 is 5.73 Å². The Balaban J connectivity index is 2.02. The van der Waals surface area contributed by atoms with Gasteiger partial charge in [-0.2, -0.15) is 0 Å². The molecule has 0 amide bonds. The third-order valence-corrected chi connectivity index (χ3v) is 4.18. The lowest BCUT2D eigenvalue weighted by atomic mass is 10.1. The van der Waals surface area contributed by atoms with E-state index < -0.39 is 0 Å². The maximum absolute atomic E-state index is 5.51. The lowest BCUT2D eigenvalue weighted by Crippen LogP contribution is -2.00. The smallest absolute Gasteiger partial charge is 0.147 e. The van der Waals surface area contributed by atoms with Crippen LogP contribution in [0.15, 0.2) is 30.3 Å². The number of unbranched alkanes of at least 4 members (excludes halogenated alkanes) is 1. The van der Waals surface area contributed by atoms with E-state index in [0.717, 1.165) is 41.4 Å². The molecule has 1 heterocycles.